The average Bonchev–Trinajstić information content (AvgIpc) is 3.21. The molecular formula is C26H28N2O3S. The Kier molecular flexibility index (Phi) is 5.40. The summed E-state index contributed by atoms with van der Waals surface area (Å²) in [6.07, 6.45) is 5.94. The van der Waals surface area contributed by atoms with Gasteiger partial charge in [0.15, 0.2) is 0 Å². The van der Waals surface area contributed by atoms with Crippen molar-refractivity contribution in [2.45, 2.75) is 51.0 Å². The van der Waals surface area contributed by atoms with Crippen molar-refractivity contribution in [1.82, 2.24) is 9.55 Å². The Morgan fingerprint density at radius 2 is 1.88 bits per heavy atom. The Hall–Kier alpha value is -2.54. The van der Waals surface area contributed by atoms with Crippen LogP contribution in [0.5, 0.6) is 0 Å². The van der Waals surface area contributed by atoms with Gasteiger partial charge in [0.2, 0.25) is 0 Å². The number of aliphatic hydroxyl groups excluding tert-OH is 1. The minimum Gasteiger partial charge on any atom is -0.396 e. The van der Waals surface area contributed by atoms with Crippen LogP contribution in [-0.2, 0) is 5.60 Å². The van der Waals surface area contributed by atoms with Crippen molar-refractivity contribution in [3.05, 3.63) is 69.6 Å². The number of hydrogen-bond donors (Lipinski definition) is 2. The highest BCUT2D eigenvalue weighted by molar-refractivity contribution is 7.18. The molecule has 32 heavy (non-hydrogen) atoms. The van der Waals surface area contributed by atoms with E-state index in [0.29, 0.717) is 28.5 Å². The first-order valence-electron chi connectivity index (χ1n) is 11.2. The maximum absolute atomic E-state index is 13.3. The normalized spacial score (nSPS) is 19.6. The molecule has 2 N–H and O–H groups in total. The molecule has 2 heterocycles. The molecule has 1 saturated carbocycles. The van der Waals surface area contributed by atoms with E-state index in [1.807, 2.05) is 42.5 Å². The van der Waals surface area contributed by atoms with E-state index in [1.54, 1.807) is 35.9 Å². The number of thiazole rings is 1. The van der Waals surface area contributed by atoms with Crippen LogP contribution in [0.2, 0.25) is 0 Å². The molecule has 4 aromatic rings. The van der Waals surface area contributed by atoms with E-state index in [9.17, 15) is 15.0 Å². The third-order valence-corrected chi connectivity index (χ3v) is 7.89. The van der Waals surface area contributed by atoms with E-state index in [4.69, 9.17) is 4.98 Å². The lowest BCUT2D eigenvalue weighted by Crippen LogP contribution is -2.24. The third-order valence-electron chi connectivity index (χ3n) is 6.71. The van der Waals surface area contributed by atoms with Gasteiger partial charge in [0.25, 0.3) is 5.56 Å². The Labute approximate surface area is 191 Å². The van der Waals surface area contributed by atoms with Gasteiger partial charge in [0, 0.05) is 29.7 Å². The van der Waals surface area contributed by atoms with Crippen molar-refractivity contribution in [2.24, 2.45) is 5.92 Å². The number of benzene rings is 2. The molecule has 1 aliphatic rings. The van der Waals surface area contributed by atoms with Crippen LogP contribution >= 0.6 is 11.3 Å². The number of pyridine rings is 1. The highest BCUT2D eigenvalue weighted by Gasteiger charge is 2.27. The predicted molar refractivity (Wildman–Crippen MR) is 130 cm³/mol. The summed E-state index contributed by atoms with van der Waals surface area (Å²) in [4.78, 5) is 18.2. The van der Waals surface area contributed by atoms with Gasteiger partial charge in [-0.3, -0.25) is 9.36 Å². The molecule has 166 valence electrons. The van der Waals surface area contributed by atoms with Crippen LogP contribution in [0.3, 0.4) is 0 Å². The van der Waals surface area contributed by atoms with Gasteiger partial charge in [-0.25, -0.2) is 4.98 Å². The molecule has 0 radical (unpaired) electrons. The van der Waals surface area contributed by atoms with Crippen LogP contribution in [0.1, 0.15) is 56.0 Å². The number of aromatic nitrogens is 2. The molecule has 0 unspecified atom stereocenters. The highest BCUT2D eigenvalue weighted by atomic mass is 32.1. The summed E-state index contributed by atoms with van der Waals surface area (Å²) in [7, 11) is 0. The number of nitrogens with zero attached hydrogens (tertiary/aromatic N) is 2. The fourth-order valence-corrected chi connectivity index (χ4v) is 5.97. The molecule has 0 atom stereocenters. The lowest BCUT2D eigenvalue weighted by Gasteiger charge is -2.25. The zero-order chi connectivity index (χ0) is 22.5. The van der Waals surface area contributed by atoms with Crippen molar-refractivity contribution >= 4 is 32.3 Å². The van der Waals surface area contributed by atoms with Crippen molar-refractivity contribution in [2.75, 3.05) is 6.61 Å². The molecule has 6 heteroatoms. The second kappa shape index (κ2) is 8.10. The topological polar surface area (TPSA) is 75.4 Å². The summed E-state index contributed by atoms with van der Waals surface area (Å²) in [6.45, 7) is 3.76. The number of hydrogen-bond acceptors (Lipinski definition) is 5. The van der Waals surface area contributed by atoms with Gasteiger partial charge < -0.3 is 10.2 Å². The van der Waals surface area contributed by atoms with Gasteiger partial charge in [-0.1, -0.05) is 18.2 Å². The summed E-state index contributed by atoms with van der Waals surface area (Å²) in [5, 5.41) is 23.0. The van der Waals surface area contributed by atoms with Crippen LogP contribution in [-0.4, -0.2) is 26.4 Å². The number of fused-ring (bicyclic) bond motifs is 2. The summed E-state index contributed by atoms with van der Waals surface area (Å²) < 4.78 is 2.66. The molecule has 0 bridgehead atoms. The molecule has 1 aliphatic carbocycles. The molecule has 1 fully saturated rings. The van der Waals surface area contributed by atoms with Gasteiger partial charge in [0.05, 0.1) is 26.5 Å². The Bertz CT molecular complexity index is 1340. The lowest BCUT2D eigenvalue weighted by molar-refractivity contribution is 0.0786. The van der Waals surface area contributed by atoms with E-state index < -0.39 is 5.60 Å². The Morgan fingerprint density at radius 3 is 2.59 bits per heavy atom. The molecule has 0 spiro atoms. The molecule has 2 aromatic heterocycles. The first kappa shape index (κ1) is 21.3. The van der Waals surface area contributed by atoms with Crippen LogP contribution in [0.15, 0.2) is 53.5 Å². The van der Waals surface area contributed by atoms with Crippen molar-refractivity contribution in [1.29, 1.82) is 0 Å². The van der Waals surface area contributed by atoms with E-state index in [1.165, 1.54) is 0 Å². The summed E-state index contributed by atoms with van der Waals surface area (Å²) in [5.74, 6) is 0.821. The zero-order valence-electron chi connectivity index (χ0n) is 18.4. The molecule has 5 rings (SSSR count). The second-order valence-corrected chi connectivity index (χ2v) is 10.5. The zero-order valence-corrected chi connectivity index (χ0v) is 19.2. The molecular weight excluding hydrogens is 420 g/mol. The molecule has 0 saturated heterocycles. The summed E-state index contributed by atoms with van der Waals surface area (Å²) in [6, 6.07) is 13.4. The lowest BCUT2D eigenvalue weighted by atomic mass is 9.83. The molecule has 0 aliphatic heterocycles. The van der Waals surface area contributed by atoms with E-state index in [2.05, 4.69) is 0 Å². The maximum atomic E-state index is 13.3. The van der Waals surface area contributed by atoms with Gasteiger partial charge in [0.1, 0.15) is 0 Å². The largest absolute Gasteiger partial charge is 0.396 e. The van der Waals surface area contributed by atoms with Gasteiger partial charge in [-0.2, -0.15) is 0 Å². The molecule has 0 amide bonds. The molecule has 5 nitrogen and oxygen atoms in total. The van der Waals surface area contributed by atoms with Crippen LogP contribution < -0.4 is 5.56 Å². The van der Waals surface area contributed by atoms with Crippen molar-refractivity contribution in [3.8, 4) is 5.69 Å². The second-order valence-electron chi connectivity index (χ2n) is 9.43. The van der Waals surface area contributed by atoms with Gasteiger partial charge in [-0.05, 0) is 75.1 Å². The Morgan fingerprint density at radius 1 is 1.12 bits per heavy atom. The quantitative estimate of drug-likeness (QED) is 0.456. The van der Waals surface area contributed by atoms with Crippen molar-refractivity contribution in [3.63, 3.8) is 0 Å². The van der Waals surface area contributed by atoms with Crippen LogP contribution in [0.4, 0.5) is 0 Å². The predicted octanol–water partition coefficient (Wildman–Crippen LogP) is 5.09. The number of rotatable bonds is 4. The smallest absolute Gasteiger partial charge is 0.262 e. The monoisotopic (exact) mass is 448 g/mol. The van der Waals surface area contributed by atoms with Crippen LogP contribution in [0.25, 0.3) is 26.7 Å². The summed E-state index contributed by atoms with van der Waals surface area (Å²) in [5.41, 5.74) is 1.02. The van der Waals surface area contributed by atoms with E-state index in [-0.39, 0.29) is 12.2 Å². The van der Waals surface area contributed by atoms with Gasteiger partial charge >= 0.3 is 0 Å². The minimum absolute atomic E-state index is 0.0972. The highest BCUT2D eigenvalue weighted by Crippen LogP contribution is 2.40. The first-order chi connectivity index (χ1) is 15.3. The van der Waals surface area contributed by atoms with Gasteiger partial charge in [-0.15, -0.1) is 11.3 Å². The average molecular weight is 449 g/mol. The number of aliphatic hydroxyl groups is 2. The van der Waals surface area contributed by atoms with E-state index in [0.717, 1.165) is 46.3 Å². The standard InChI is InChI=1S/C26H28N2O3S/c1-26(2,31)20-13-21-23(32-24(27-21)18-9-7-16(15-29)8-10-18)14-22(20)28-12-11-17-5-3-4-6-19(17)25(28)30/h3-6,11-14,16,18,29,31H,7-10,15H2,1-2H3. The fraction of sp³-hybridized carbons (Fsp3) is 0.385. The third kappa shape index (κ3) is 3.76. The maximum Gasteiger partial charge on any atom is 0.262 e. The SMILES string of the molecule is CC(C)(O)c1cc2nc(C3CCC(CO)CC3)sc2cc1-n1ccc2ccccc2c1=O. The van der Waals surface area contributed by atoms with Crippen molar-refractivity contribution < 1.29 is 10.2 Å². The minimum atomic E-state index is -1.13. The van der Waals surface area contributed by atoms with Crippen LogP contribution in [0, 0.1) is 5.92 Å². The fourth-order valence-electron chi connectivity index (χ4n) is 4.82. The van der Waals surface area contributed by atoms with E-state index >= 15 is 0 Å². The molecule has 2 aromatic carbocycles. The Balaban J connectivity index is 1.64. The first-order valence-corrected chi connectivity index (χ1v) is 12.1. The summed E-state index contributed by atoms with van der Waals surface area (Å²) >= 11 is 1.68.